The van der Waals surface area contributed by atoms with Crippen molar-refractivity contribution in [3.63, 3.8) is 0 Å². The third-order valence-electron chi connectivity index (χ3n) is 2.82. The molecule has 104 valence electrons. The Labute approximate surface area is 116 Å². The number of rotatable bonds is 4. The van der Waals surface area contributed by atoms with Crippen LogP contribution in [0.15, 0.2) is 48.5 Å². The molecular formula is C15H16FN3O. The molecule has 0 radical (unpaired) electrons. The van der Waals surface area contributed by atoms with Gasteiger partial charge in [-0.3, -0.25) is 0 Å². The summed E-state index contributed by atoms with van der Waals surface area (Å²) in [6, 6.07) is 13.5. The van der Waals surface area contributed by atoms with E-state index in [9.17, 15) is 9.18 Å². The second-order valence-electron chi connectivity index (χ2n) is 4.30. The third kappa shape index (κ3) is 3.80. The van der Waals surface area contributed by atoms with Crippen LogP contribution in [0.25, 0.3) is 0 Å². The van der Waals surface area contributed by atoms with Crippen molar-refractivity contribution in [1.29, 1.82) is 0 Å². The van der Waals surface area contributed by atoms with E-state index in [0.29, 0.717) is 17.8 Å². The van der Waals surface area contributed by atoms with Crippen molar-refractivity contribution in [3.8, 4) is 0 Å². The van der Waals surface area contributed by atoms with E-state index in [2.05, 4.69) is 10.6 Å². The van der Waals surface area contributed by atoms with Crippen molar-refractivity contribution in [2.45, 2.75) is 13.1 Å². The summed E-state index contributed by atoms with van der Waals surface area (Å²) in [6.07, 6.45) is 0. The Balaban J connectivity index is 1.91. The Bertz CT molecular complexity index is 587. The van der Waals surface area contributed by atoms with Crippen molar-refractivity contribution in [2.75, 3.05) is 5.32 Å². The monoisotopic (exact) mass is 273 g/mol. The fraction of sp³-hybridized carbons (Fsp3) is 0.133. The van der Waals surface area contributed by atoms with Crippen molar-refractivity contribution < 1.29 is 9.18 Å². The number of benzene rings is 2. The van der Waals surface area contributed by atoms with Gasteiger partial charge >= 0.3 is 6.03 Å². The highest BCUT2D eigenvalue weighted by Crippen LogP contribution is 2.14. The molecule has 0 heterocycles. The molecule has 0 aromatic heterocycles. The number of carbonyl (C=O) groups excluding carboxylic acids is 1. The van der Waals surface area contributed by atoms with Gasteiger partial charge in [0.05, 0.1) is 0 Å². The highest BCUT2D eigenvalue weighted by molar-refractivity contribution is 5.89. The number of amides is 2. The highest BCUT2D eigenvalue weighted by Gasteiger charge is 2.05. The summed E-state index contributed by atoms with van der Waals surface area (Å²) in [7, 11) is 0. The molecule has 0 bridgehead atoms. The topological polar surface area (TPSA) is 67.1 Å². The van der Waals surface area contributed by atoms with Gasteiger partial charge < -0.3 is 16.4 Å². The van der Waals surface area contributed by atoms with Crippen LogP contribution >= 0.6 is 0 Å². The smallest absolute Gasteiger partial charge is 0.319 e. The lowest BCUT2D eigenvalue weighted by Gasteiger charge is -2.09. The van der Waals surface area contributed by atoms with Crippen LogP contribution < -0.4 is 16.4 Å². The Kier molecular flexibility index (Phi) is 4.68. The van der Waals surface area contributed by atoms with Crippen LogP contribution in [0.5, 0.6) is 0 Å². The molecular weight excluding hydrogens is 257 g/mol. The molecule has 0 atom stereocenters. The first-order valence-corrected chi connectivity index (χ1v) is 6.26. The van der Waals surface area contributed by atoms with Crippen molar-refractivity contribution >= 4 is 11.7 Å². The second kappa shape index (κ2) is 6.68. The molecule has 2 aromatic rings. The van der Waals surface area contributed by atoms with Gasteiger partial charge in [-0.1, -0.05) is 30.3 Å². The average molecular weight is 273 g/mol. The van der Waals surface area contributed by atoms with Crippen molar-refractivity contribution in [2.24, 2.45) is 5.73 Å². The number of nitrogens with two attached hydrogens (primary N) is 1. The molecule has 0 saturated carbocycles. The number of hydrogen-bond donors (Lipinski definition) is 3. The summed E-state index contributed by atoms with van der Waals surface area (Å²) < 4.78 is 13.3. The number of hydrogen-bond acceptors (Lipinski definition) is 2. The van der Waals surface area contributed by atoms with Crippen LogP contribution in [-0.2, 0) is 13.1 Å². The van der Waals surface area contributed by atoms with Crippen LogP contribution in [-0.4, -0.2) is 6.03 Å². The van der Waals surface area contributed by atoms with Gasteiger partial charge in [0.15, 0.2) is 0 Å². The molecule has 20 heavy (non-hydrogen) atoms. The lowest BCUT2D eigenvalue weighted by molar-refractivity contribution is 0.251. The van der Waals surface area contributed by atoms with Gasteiger partial charge in [-0.15, -0.1) is 0 Å². The van der Waals surface area contributed by atoms with E-state index in [0.717, 1.165) is 5.56 Å². The normalized spacial score (nSPS) is 10.1. The second-order valence-corrected chi connectivity index (χ2v) is 4.30. The summed E-state index contributed by atoms with van der Waals surface area (Å²) in [5, 5.41) is 5.37. The Morgan fingerprint density at radius 2 is 1.90 bits per heavy atom. The molecule has 0 spiro atoms. The van der Waals surface area contributed by atoms with Crippen LogP contribution in [0.1, 0.15) is 11.1 Å². The first kappa shape index (κ1) is 14.0. The number of halogens is 1. The maximum Gasteiger partial charge on any atom is 0.319 e. The quantitative estimate of drug-likeness (QED) is 0.801. The SMILES string of the molecule is NCc1cc(NC(=O)NCc2ccccc2)ccc1F. The van der Waals surface area contributed by atoms with Crippen molar-refractivity contribution in [1.82, 2.24) is 5.32 Å². The zero-order chi connectivity index (χ0) is 14.4. The molecule has 0 aliphatic heterocycles. The van der Waals surface area contributed by atoms with E-state index in [1.807, 2.05) is 30.3 Å². The maximum absolute atomic E-state index is 13.3. The lowest BCUT2D eigenvalue weighted by Crippen LogP contribution is -2.28. The van der Waals surface area contributed by atoms with Gasteiger partial charge in [-0.05, 0) is 23.8 Å². The van der Waals surface area contributed by atoms with E-state index in [4.69, 9.17) is 5.73 Å². The minimum Gasteiger partial charge on any atom is -0.334 e. The van der Waals surface area contributed by atoms with Gasteiger partial charge in [0, 0.05) is 24.3 Å². The minimum absolute atomic E-state index is 0.0903. The van der Waals surface area contributed by atoms with E-state index in [1.165, 1.54) is 18.2 Å². The summed E-state index contributed by atoms with van der Waals surface area (Å²) in [5.74, 6) is -0.372. The van der Waals surface area contributed by atoms with Crippen LogP contribution in [0.4, 0.5) is 14.9 Å². The molecule has 2 amide bonds. The molecule has 2 aromatic carbocycles. The van der Waals surface area contributed by atoms with Crippen molar-refractivity contribution in [3.05, 3.63) is 65.5 Å². The third-order valence-corrected chi connectivity index (χ3v) is 2.82. The lowest BCUT2D eigenvalue weighted by atomic mass is 10.2. The fourth-order valence-corrected chi connectivity index (χ4v) is 1.76. The largest absolute Gasteiger partial charge is 0.334 e. The number of carbonyl (C=O) groups is 1. The first-order chi connectivity index (χ1) is 9.69. The van der Waals surface area contributed by atoms with E-state index >= 15 is 0 Å². The minimum atomic E-state index is -0.372. The molecule has 0 aliphatic rings. The van der Waals surface area contributed by atoms with Gasteiger partial charge in [-0.25, -0.2) is 9.18 Å². The van der Waals surface area contributed by atoms with E-state index in [1.54, 1.807) is 0 Å². The van der Waals surface area contributed by atoms with E-state index in [-0.39, 0.29) is 18.4 Å². The van der Waals surface area contributed by atoms with Crippen LogP contribution in [0.2, 0.25) is 0 Å². The first-order valence-electron chi connectivity index (χ1n) is 6.26. The predicted molar refractivity (Wildman–Crippen MR) is 76.6 cm³/mol. The molecule has 0 unspecified atom stereocenters. The van der Waals surface area contributed by atoms with Crippen LogP contribution in [0.3, 0.4) is 0 Å². The van der Waals surface area contributed by atoms with Gasteiger partial charge in [-0.2, -0.15) is 0 Å². The standard InChI is InChI=1S/C15H16FN3O/c16-14-7-6-13(8-12(14)9-17)19-15(20)18-10-11-4-2-1-3-5-11/h1-8H,9-10,17H2,(H2,18,19,20). The molecule has 0 fully saturated rings. The molecule has 2 rings (SSSR count). The predicted octanol–water partition coefficient (Wildman–Crippen LogP) is 2.61. The summed E-state index contributed by atoms with van der Waals surface area (Å²) >= 11 is 0. The Morgan fingerprint density at radius 3 is 2.60 bits per heavy atom. The van der Waals surface area contributed by atoms with Gasteiger partial charge in [0.2, 0.25) is 0 Å². The Morgan fingerprint density at radius 1 is 1.15 bits per heavy atom. The number of nitrogens with one attached hydrogen (secondary N) is 2. The van der Waals surface area contributed by atoms with Gasteiger partial charge in [0.1, 0.15) is 5.82 Å². The van der Waals surface area contributed by atoms with Crippen LogP contribution in [0, 0.1) is 5.82 Å². The number of urea groups is 1. The molecule has 4 N–H and O–H groups in total. The zero-order valence-corrected chi connectivity index (χ0v) is 10.9. The summed E-state index contributed by atoms with van der Waals surface area (Å²) in [6.45, 7) is 0.518. The number of anilines is 1. The molecule has 5 heteroatoms. The molecule has 0 saturated heterocycles. The fourth-order valence-electron chi connectivity index (χ4n) is 1.76. The Hall–Kier alpha value is -2.40. The highest BCUT2D eigenvalue weighted by atomic mass is 19.1. The zero-order valence-electron chi connectivity index (χ0n) is 10.9. The maximum atomic E-state index is 13.3. The molecule has 0 aliphatic carbocycles. The van der Waals surface area contributed by atoms with Gasteiger partial charge in [0.25, 0.3) is 0 Å². The molecule has 4 nitrogen and oxygen atoms in total. The summed E-state index contributed by atoms with van der Waals surface area (Å²) in [4.78, 5) is 11.7. The van der Waals surface area contributed by atoms with E-state index < -0.39 is 0 Å². The summed E-state index contributed by atoms with van der Waals surface area (Å²) in [5.41, 5.74) is 7.30. The average Bonchev–Trinajstić information content (AvgIpc) is 2.48.